The third-order valence-corrected chi connectivity index (χ3v) is 8.47. The number of rotatable bonds is 15. The number of para-hydroxylation sites is 1. The lowest BCUT2D eigenvalue weighted by molar-refractivity contribution is -0.151. The molecular weight excluding hydrogens is 726 g/mol. The minimum atomic E-state index is -1.37. The van der Waals surface area contributed by atoms with Gasteiger partial charge in [0, 0.05) is 16.3 Å². The molecule has 0 aliphatic rings. The minimum Gasteiger partial charge on any atom is -0.506 e. The van der Waals surface area contributed by atoms with Crippen molar-refractivity contribution in [1.82, 2.24) is 9.88 Å². The zero-order valence-corrected chi connectivity index (χ0v) is 30.8. The van der Waals surface area contributed by atoms with Crippen LogP contribution in [0.1, 0.15) is 57.4 Å². The van der Waals surface area contributed by atoms with Crippen molar-refractivity contribution >= 4 is 45.9 Å². The Morgan fingerprint density at radius 1 is 0.857 bits per heavy atom. The second-order valence-electron chi connectivity index (χ2n) is 12.8. The molecule has 2 amide bonds. The molecule has 1 unspecified atom stereocenters. The monoisotopic (exact) mass is 765 g/mol. The Hall–Kier alpha value is -7.23. The van der Waals surface area contributed by atoms with Crippen LogP contribution in [0.4, 0.5) is 11.4 Å². The van der Waals surface area contributed by atoms with Crippen LogP contribution in [0.15, 0.2) is 93.9 Å². The summed E-state index contributed by atoms with van der Waals surface area (Å²) in [6.45, 7) is 6.59. The zero-order chi connectivity index (χ0) is 40.7. The van der Waals surface area contributed by atoms with E-state index in [1.165, 1.54) is 37.3 Å². The second kappa shape index (κ2) is 17.3. The van der Waals surface area contributed by atoms with E-state index in [4.69, 9.17) is 19.9 Å². The molecule has 1 atom stereocenters. The quantitative estimate of drug-likeness (QED) is 0.0492. The van der Waals surface area contributed by atoms with Crippen molar-refractivity contribution in [2.75, 3.05) is 19.8 Å². The number of amides is 2. The van der Waals surface area contributed by atoms with Gasteiger partial charge in [0.05, 0.1) is 35.0 Å². The number of nitrogens with two attached hydrogens (primary N) is 1. The summed E-state index contributed by atoms with van der Waals surface area (Å²) in [4.78, 5) is 62.7. The van der Waals surface area contributed by atoms with Crippen LogP contribution >= 0.6 is 0 Å². The molecule has 0 aliphatic carbocycles. The summed E-state index contributed by atoms with van der Waals surface area (Å²) in [6.07, 6.45) is -0.588. The molecule has 16 heteroatoms. The molecule has 5 aromatic rings. The molecule has 0 fully saturated rings. The van der Waals surface area contributed by atoms with Gasteiger partial charge in [-0.3, -0.25) is 19.2 Å². The van der Waals surface area contributed by atoms with Gasteiger partial charge in [-0.05, 0) is 56.3 Å². The van der Waals surface area contributed by atoms with Crippen molar-refractivity contribution in [3.8, 4) is 28.8 Å². The maximum absolute atomic E-state index is 13.6. The number of benzene rings is 4. The number of primary amides is 1. The fraction of sp³-hybridized carbons (Fsp3) is 0.225. The van der Waals surface area contributed by atoms with Gasteiger partial charge in [0.25, 0.3) is 17.4 Å². The Bertz CT molecular complexity index is 2410. The first kappa shape index (κ1) is 40.0. The SMILES string of the molecule is Cc1c(C(N)=O)c(O)n(-c2ccccc2C(=O)O)c(=O)c1N=Nc1ccc(OCCOc2cc(C(=O)NCC(C)OC(=O)C(C)C)c(O)c3ccccc23)cc1. The number of hydrogen-bond acceptors (Lipinski definition) is 12. The zero-order valence-electron chi connectivity index (χ0n) is 30.8. The summed E-state index contributed by atoms with van der Waals surface area (Å²) >= 11 is 0. The van der Waals surface area contributed by atoms with Gasteiger partial charge >= 0.3 is 11.9 Å². The summed E-state index contributed by atoms with van der Waals surface area (Å²) in [5.41, 5.74) is 3.48. The normalized spacial score (nSPS) is 11.7. The summed E-state index contributed by atoms with van der Waals surface area (Å²) < 4.78 is 17.7. The molecule has 4 aromatic carbocycles. The molecule has 0 saturated carbocycles. The van der Waals surface area contributed by atoms with Gasteiger partial charge in [0.2, 0.25) is 5.88 Å². The van der Waals surface area contributed by atoms with Crippen LogP contribution in [0.2, 0.25) is 0 Å². The molecule has 5 rings (SSSR count). The van der Waals surface area contributed by atoms with Crippen LogP contribution in [0, 0.1) is 12.8 Å². The molecule has 0 spiro atoms. The first-order chi connectivity index (χ1) is 26.7. The first-order valence-corrected chi connectivity index (χ1v) is 17.3. The van der Waals surface area contributed by atoms with Gasteiger partial charge in [0.1, 0.15) is 42.1 Å². The van der Waals surface area contributed by atoms with Crippen molar-refractivity contribution in [2.45, 2.75) is 33.8 Å². The Morgan fingerprint density at radius 3 is 2.16 bits per heavy atom. The molecule has 0 saturated heterocycles. The van der Waals surface area contributed by atoms with Gasteiger partial charge in [-0.2, -0.15) is 5.11 Å². The highest BCUT2D eigenvalue weighted by Gasteiger charge is 2.26. The third kappa shape index (κ3) is 8.76. The molecule has 1 heterocycles. The van der Waals surface area contributed by atoms with Gasteiger partial charge in [-0.15, -0.1) is 5.11 Å². The van der Waals surface area contributed by atoms with E-state index >= 15 is 0 Å². The van der Waals surface area contributed by atoms with Gasteiger partial charge in [-0.25, -0.2) is 9.36 Å². The minimum absolute atomic E-state index is 0.0240. The lowest BCUT2D eigenvalue weighted by Gasteiger charge is -2.17. The largest absolute Gasteiger partial charge is 0.506 e. The number of fused-ring (bicyclic) bond motifs is 1. The van der Waals surface area contributed by atoms with Crippen molar-refractivity contribution in [2.24, 2.45) is 21.9 Å². The maximum Gasteiger partial charge on any atom is 0.337 e. The van der Waals surface area contributed by atoms with Gasteiger partial charge in [-0.1, -0.05) is 50.2 Å². The molecule has 1 aromatic heterocycles. The Balaban J connectivity index is 1.28. The molecule has 56 heavy (non-hydrogen) atoms. The van der Waals surface area contributed by atoms with E-state index in [-0.39, 0.29) is 65.2 Å². The molecule has 290 valence electrons. The number of carbonyl (C=O) groups excluding carboxylic acids is 3. The van der Waals surface area contributed by atoms with Crippen molar-refractivity contribution < 1.29 is 48.7 Å². The van der Waals surface area contributed by atoms with E-state index in [0.29, 0.717) is 26.8 Å². The van der Waals surface area contributed by atoms with Crippen molar-refractivity contribution in [1.29, 1.82) is 0 Å². The number of carboxylic acid groups (broad SMARTS) is 1. The summed E-state index contributed by atoms with van der Waals surface area (Å²) in [5, 5.41) is 43.3. The van der Waals surface area contributed by atoms with Crippen LogP contribution in [0.25, 0.3) is 16.5 Å². The number of phenols is 1. The average molecular weight is 766 g/mol. The van der Waals surface area contributed by atoms with E-state index in [1.807, 2.05) is 0 Å². The van der Waals surface area contributed by atoms with Crippen LogP contribution in [0.5, 0.6) is 23.1 Å². The topological polar surface area (TPSA) is 241 Å². The lowest BCUT2D eigenvalue weighted by atomic mass is 10.0. The van der Waals surface area contributed by atoms with E-state index < -0.39 is 46.9 Å². The van der Waals surface area contributed by atoms with E-state index in [9.17, 15) is 39.3 Å². The van der Waals surface area contributed by atoms with Crippen molar-refractivity contribution in [3.05, 3.63) is 111 Å². The number of carbonyl (C=O) groups is 4. The Morgan fingerprint density at radius 2 is 1.50 bits per heavy atom. The number of nitrogens with zero attached hydrogens (tertiary/aromatic N) is 3. The van der Waals surface area contributed by atoms with Crippen LogP contribution in [-0.2, 0) is 9.53 Å². The van der Waals surface area contributed by atoms with Crippen LogP contribution < -0.4 is 26.1 Å². The first-order valence-electron chi connectivity index (χ1n) is 17.3. The van der Waals surface area contributed by atoms with Crippen molar-refractivity contribution in [3.63, 3.8) is 0 Å². The summed E-state index contributed by atoms with van der Waals surface area (Å²) in [7, 11) is 0. The number of aromatic carboxylic acids is 1. The number of aromatic nitrogens is 1. The number of phenolic OH excluding ortho intramolecular Hbond substituents is 1. The average Bonchev–Trinajstić information content (AvgIpc) is 3.16. The maximum atomic E-state index is 13.6. The highest BCUT2D eigenvalue weighted by molar-refractivity contribution is 6.06. The molecule has 6 N–H and O–H groups in total. The number of aromatic hydroxyl groups is 2. The van der Waals surface area contributed by atoms with E-state index in [0.717, 1.165) is 0 Å². The molecular formula is C40H39N5O11. The van der Waals surface area contributed by atoms with Crippen LogP contribution in [-0.4, -0.2) is 69.5 Å². The Kier molecular flexibility index (Phi) is 12.3. The lowest BCUT2D eigenvalue weighted by Crippen LogP contribution is -2.34. The predicted molar refractivity (Wildman–Crippen MR) is 204 cm³/mol. The fourth-order valence-corrected chi connectivity index (χ4v) is 5.60. The number of pyridine rings is 1. The number of carboxylic acids is 1. The highest BCUT2D eigenvalue weighted by atomic mass is 16.5. The number of nitrogens with one attached hydrogen (secondary N) is 1. The standard InChI is InChI=1S/C40H39N5O11/c1-21(2)40(53)56-22(3)20-42-36(48)29-19-31(26-9-5-6-10-27(26)34(29)46)55-18-17-54-25-15-13-24(14-16-25)43-44-33-23(4)32(35(41)47)37(49)45(38(33)50)30-12-8-7-11-28(30)39(51)52/h5-16,19,21-22,46,49H,17-18,20H2,1-4H3,(H2,41,47)(H,42,48)(H,51,52). The molecule has 0 radical (unpaired) electrons. The second-order valence-corrected chi connectivity index (χ2v) is 12.8. The molecule has 0 aliphatic heterocycles. The predicted octanol–water partition coefficient (Wildman–Crippen LogP) is 5.70. The van der Waals surface area contributed by atoms with Gasteiger partial charge < -0.3 is 40.6 Å². The third-order valence-electron chi connectivity index (χ3n) is 8.47. The number of ether oxygens (including phenoxy) is 3. The molecule has 16 nitrogen and oxygen atoms in total. The fourth-order valence-electron chi connectivity index (χ4n) is 5.60. The number of esters is 1. The summed E-state index contributed by atoms with van der Waals surface area (Å²) in [6, 6.07) is 20.0. The number of azo groups is 1. The van der Waals surface area contributed by atoms with E-state index in [2.05, 4.69) is 15.5 Å². The summed E-state index contributed by atoms with van der Waals surface area (Å²) in [5.74, 6) is -4.04. The van der Waals surface area contributed by atoms with Gasteiger partial charge in [0.15, 0.2) is 5.69 Å². The van der Waals surface area contributed by atoms with E-state index in [1.54, 1.807) is 69.3 Å². The van der Waals surface area contributed by atoms with Crippen LogP contribution in [0.3, 0.4) is 0 Å². The number of hydrogen-bond donors (Lipinski definition) is 5. The Labute approximate surface area is 319 Å². The smallest absolute Gasteiger partial charge is 0.337 e. The molecule has 0 bridgehead atoms. The highest BCUT2D eigenvalue weighted by Crippen LogP contribution is 2.36.